The van der Waals surface area contributed by atoms with Crippen LogP contribution < -0.4 is 0 Å². The Kier molecular flexibility index (Phi) is 6.01. The second-order valence-electron chi connectivity index (χ2n) is 12.1. The molecule has 0 aliphatic rings. The van der Waals surface area contributed by atoms with Gasteiger partial charge in [0.15, 0.2) is 5.82 Å². The molecule has 0 unspecified atom stereocenters. The normalized spacial score (nSPS) is 11.8. The van der Waals surface area contributed by atoms with Crippen molar-refractivity contribution in [1.82, 2.24) is 19.4 Å². The van der Waals surface area contributed by atoms with Gasteiger partial charge in [-0.05, 0) is 46.8 Å². The van der Waals surface area contributed by atoms with Gasteiger partial charge in [0, 0.05) is 37.5 Å². The molecule has 4 heterocycles. The van der Waals surface area contributed by atoms with Gasteiger partial charge in [-0.1, -0.05) is 127 Å². The van der Waals surface area contributed by atoms with E-state index >= 15 is 0 Å². The summed E-state index contributed by atoms with van der Waals surface area (Å²) in [7, 11) is 0. The number of para-hydroxylation sites is 2. The van der Waals surface area contributed by atoms with Crippen LogP contribution in [0.3, 0.4) is 0 Å². The Balaban J connectivity index is 1.11. The van der Waals surface area contributed by atoms with E-state index in [1.54, 1.807) is 0 Å². The lowest BCUT2D eigenvalue weighted by Crippen LogP contribution is -1.95. The number of imidazole rings is 1. The van der Waals surface area contributed by atoms with Crippen molar-refractivity contribution in [3.8, 4) is 45.0 Å². The molecule has 0 spiro atoms. The molecule has 0 N–H and O–H groups in total. The first kappa shape index (κ1) is 27.0. The van der Waals surface area contributed by atoms with Crippen molar-refractivity contribution >= 4 is 59.1 Å². The zero-order valence-electron chi connectivity index (χ0n) is 25.7. The van der Waals surface area contributed by atoms with E-state index in [0.29, 0.717) is 0 Å². The Morgan fingerprint density at radius 3 is 1.81 bits per heavy atom. The minimum Gasteiger partial charge on any atom is -0.283 e. The third-order valence-corrected chi connectivity index (χ3v) is 10.4. The molecule has 0 saturated heterocycles. The van der Waals surface area contributed by atoms with E-state index in [1.165, 1.54) is 42.2 Å². The van der Waals surface area contributed by atoms with Gasteiger partial charge in [-0.25, -0.2) is 15.0 Å². The van der Waals surface area contributed by atoms with E-state index < -0.39 is 0 Å². The van der Waals surface area contributed by atoms with Gasteiger partial charge in [-0.15, -0.1) is 11.3 Å². The maximum Gasteiger partial charge on any atom is 0.160 e. The third-order valence-electron chi connectivity index (χ3n) is 9.21. The summed E-state index contributed by atoms with van der Waals surface area (Å²) in [4.78, 5) is 16.3. The van der Waals surface area contributed by atoms with Gasteiger partial charge in [-0.3, -0.25) is 4.40 Å². The Hall–Kier alpha value is -6.17. The molecule has 4 aromatic heterocycles. The Morgan fingerprint density at radius 1 is 0.438 bits per heavy atom. The van der Waals surface area contributed by atoms with Gasteiger partial charge in [0.05, 0.1) is 22.4 Å². The van der Waals surface area contributed by atoms with Crippen molar-refractivity contribution in [3.05, 3.63) is 158 Å². The average Bonchev–Trinajstić information content (AvgIpc) is 3.75. The van der Waals surface area contributed by atoms with Crippen molar-refractivity contribution in [2.24, 2.45) is 0 Å². The highest BCUT2D eigenvalue weighted by atomic mass is 32.1. The number of hydrogen-bond acceptors (Lipinski definition) is 4. The zero-order valence-corrected chi connectivity index (χ0v) is 26.5. The van der Waals surface area contributed by atoms with Crippen LogP contribution >= 0.6 is 11.3 Å². The van der Waals surface area contributed by atoms with E-state index in [-0.39, 0.29) is 0 Å². The number of pyridine rings is 1. The average molecular weight is 631 g/mol. The zero-order chi connectivity index (χ0) is 31.6. The predicted molar refractivity (Wildman–Crippen MR) is 200 cm³/mol. The quantitative estimate of drug-likeness (QED) is 0.194. The van der Waals surface area contributed by atoms with Gasteiger partial charge in [0.25, 0.3) is 0 Å². The smallest absolute Gasteiger partial charge is 0.160 e. The molecule has 0 saturated carbocycles. The molecular formula is C43H26N4S. The molecule has 10 rings (SSSR count). The minimum atomic E-state index is 0.720. The lowest BCUT2D eigenvalue weighted by atomic mass is 9.99. The molecule has 4 nitrogen and oxygen atoms in total. The van der Waals surface area contributed by atoms with Gasteiger partial charge < -0.3 is 0 Å². The molecule has 0 fully saturated rings. The molecule has 48 heavy (non-hydrogen) atoms. The van der Waals surface area contributed by atoms with Crippen LogP contribution in [0.1, 0.15) is 0 Å². The van der Waals surface area contributed by atoms with Gasteiger partial charge in [0.2, 0.25) is 0 Å². The molecule has 6 aromatic carbocycles. The summed E-state index contributed by atoms with van der Waals surface area (Å²) in [6.45, 7) is 0. The molecule has 0 aliphatic heterocycles. The Labute approximate surface area is 280 Å². The van der Waals surface area contributed by atoms with Crippen molar-refractivity contribution < 1.29 is 0 Å². The lowest BCUT2D eigenvalue weighted by molar-refractivity contribution is 1.18. The summed E-state index contributed by atoms with van der Waals surface area (Å²) in [6, 6.07) is 55.3. The van der Waals surface area contributed by atoms with Crippen molar-refractivity contribution in [3.63, 3.8) is 0 Å². The molecule has 0 bridgehead atoms. The van der Waals surface area contributed by atoms with Crippen LogP contribution in [0.4, 0.5) is 0 Å². The summed E-state index contributed by atoms with van der Waals surface area (Å²) in [6.07, 6.45) is 0. The topological polar surface area (TPSA) is 43.1 Å². The molecule has 224 valence electrons. The van der Waals surface area contributed by atoms with Crippen molar-refractivity contribution in [2.45, 2.75) is 0 Å². The van der Waals surface area contributed by atoms with E-state index in [4.69, 9.17) is 15.0 Å². The van der Waals surface area contributed by atoms with Crippen LogP contribution in [-0.2, 0) is 0 Å². The van der Waals surface area contributed by atoms with Crippen LogP contribution in [-0.4, -0.2) is 19.4 Å². The number of nitrogens with zero attached hydrogens (tertiary/aromatic N) is 4. The fourth-order valence-electron chi connectivity index (χ4n) is 6.89. The van der Waals surface area contributed by atoms with E-state index in [9.17, 15) is 0 Å². The van der Waals surface area contributed by atoms with Crippen LogP contribution in [0.15, 0.2) is 158 Å². The first-order valence-corrected chi connectivity index (χ1v) is 16.9. The van der Waals surface area contributed by atoms with Crippen LogP contribution in [0.5, 0.6) is 0 Å². The number of fused-ring (bicyclic) bond motifs is 10. The highest BCUT2D eigenvalue weighted by Gasteiger charge is 2.18. The highest BCUT2D eigenvalue weighted by Crippen LogP contribution is 2.42. The first-order chi connectivity index (χ1) is 23.8. The second-order valence-corrected chi connectivity index (χ2v) is 13.1. The van der Waals surface area contributed by atoms with Crippen LogP contribution in [0, 0.1) is 0 Å². The van der Waals surface area contributed by atoms with E-state index in [2.05, 4.69) is 126 Å². The van der Waals surface area contributed by atoms with Crippen molar-refractivity contribution in [2.75, 3.05) is 0 Å². The molecular weight excluding hydrogens is 605 g/mol. The standard InChI is InChI=1S/C43H26N4S/c1-3-11-28(12-4-1)36-26-37(45-41(44-36)30-13-5-2-6-14-30)29-21-19-27(20-22-29)31-23-24-39-34(25-31)40-32-15-7-8-16-33(32)42-46-35-17-9-10-18-38(35)47(42)43(40)48-39/h1-26H. The second kappa shape index (κ2) is 10.7. The molecule has 10 aromatic rings. The SMILES string of the molecule is c1ccc(-c2cc(-c3ccc(-c4ccc5sc6c(c5c4)c4ccccc4c4nc5ccccc5n46)cc3)nc(-c3ccccc3)n2)cc1. The number of hydrogen-bond donors (Lipinski definition) is 0. The summed E-state index contributed by atoms with van der Waals surface area (Å²) in [5, 5.41) is 4.96. The Morgan fingerprint density at radius 2 is 1.04 bits per heavy atom. The number of aromatic nitrogens is 4. The summed E-state index contributed by atoms with van der Waals surface area (Å²) in [5.41, 5.74) is 10.4. The van der Waals surface area contributed by atoms with Gasteiger partial charge in [-0.2, -0.15) is 0 Å². The monoisotopic (exact) mass is 630 g/mol. The largest absolute Gasteiger partial charge is 0.283 e. The number of thiophene rings is 1. The minimum absolute atomic E-state index is 0.720. The van der Waals surface area contributed by atoms with Crippen LogP contribution in [0.2, 0.25) is 0 Å². The molecule has 0 radical (unpaired) electrons. The Bertz CT molecular complexity index is 2760. The third kappa shape index (κ3) is 4.25. The maximum absolute atomic E-state index is 5.07. The lowest BCUT2D eigenvalue weighted by Gasteiger charge is -2.10. The summed E-state index contributed by atoms with van der Waals surface area (Å²) >= 11 is 1.84. The fourth-order valence-corrected chi connectivity index (χ4v) is 8.11. The van der Waals surface area contributed by atoms with Gasteiger partial charge in [0.1, 0.15) is 10.5 Å². The maximum atomic E-state index is 5.07. The summed E-state index contributed by atoms with van der Waals surface area (Å²) < 4.78 is 3.62. The number of benzene rings is 6. The van der Waals surface area contributed by atoms with E-state index in [1.807, 2.05) is 47.7 Å². The molecule has 0 atom stereocenters. The van der Waals surface area contributed by atoms with Crippen LogP contribution in [0.25, 0.3) is 92.8 Å². The highest BCUT2D eigenvalue weighted by molar-refractivity contribution is 7.25. The fraction of sp³-hybridized carbons (Fsp3) is 0. The molecule has 5 heteroatoms. The van der Waals surface area contributed by atoms with E-state index in [0.717, 1.165) is 50.6 Å². The molecule has 0 aliphatic carbocycles. The summed E-state index contributed by atoms with van der Waals surface area (Å²) in [5.74, 6) is 0.720. The number of rotatable bonds is 4. The van der Waals surface area contributed by atoms with Gasteiger partial charge >= 0.3 is 0 Å². The van der Waals surface area contributed by atoms with Crippen molar-refractivity contribution in [1.29, 1.82) is 0 Å². The first-order valence-electron chi connectivity index (χ1n) is 16.0. The predicted octanol–water partition coefficient (Wildman–Crippen LogP) is 11.5. The molecule has 0 amide bonds.